The van der Waals surface area contributed by atoms with Crippen molar-refractivity contribution in [1.29, 1.82) is 0 Å². The van der Waals surface area contributed by atoms with Crippen LogP contribution in [0.4, 0.5) is 0 Å². The van der Waals surface area contributed by atoms with E-state index in [4.69, 9.17) is 14.2 Å². The lowest BCUT2D eigenvalue weighted by Crippen LogP contribution is -2.46. The van der Waals surface area contributed by atoms with Gasteiger partial charge in [-0.05, 0) is 54.3 Å². The minimum absolute atomic E-state index is 0.0142. The standard InChI is InChI=1S/C41H48N2O7/c1-26-37(24-43(5)27(2)38(46)32-11-7-6-8-12-32)49-41(50-39(26)33-17-15-30(25-44)16-18-33)34-21-19-31(20-22-34)36-14-10-9-13-35(36)23-42-40(47)28(3)48-29(4)45/h6-22,26-28,37-39,41,44,46H,23-25H2,1-5H3,(H,42,47)/t26-,27+,28+,37+,38+,39+,41+/m1/s1. The van der Waals surface area contributed by atoms with Crippen molar-refractivity contribution >= 4 is 11.9 Å². The highest BCUT2D eigenvalue weighted by Gasteiger charge is 2.39. The number of hydrogen-bond acceptors (Lipinski definition) is 8. The van der Waals surface area contributed by atoms with Crippen molar-refractivity contribution in [3.63, 3.8) is 0 Å². The highest BCUT2D eigenvalue weighted by molar-refractivity contribution is 5.83. The minimum Gasteiger partial charge on any atom is -0.453 e. The van der Waals surface area contributed by atoms with Crippen molar-refractivity contribution in [3.8, 4) is 11.1 Å². The van der Waals surface area contributed by atoms with Crippen LogP contribution in [0.25, 0.3) is 11.1 Å². The van der Waals surface area contributed by atoms with Gasteiger partial charge in [-0.15, -0.1) is 0 Å². The smallest absolute Gasteiger partial charge is 0.303 e. The maximum absolute atomic E-state index is 12.5. The second kappa shape index (κ2) is 17.0. The molecule has 1 aliphatic heterocycles. The molecule has 0 saturated carbocycles. The zero-order chi connectivity index (χ0) is 35.8. The summed E-state index contributed by atoms with van der Waals surface area (Å²) in [6.07, 6.45) is -2.67. The lowest BCUT2D eigenvalue weighted by Gasteiger charge is -2.43. The summed E-state index contributed by atoms with van der Waals surface area (Å²) in [5, 5.41) is 23.6. The maximum atomic E-state index is 12.5. The van der Waals surface area contributed by atoms with Gasteiger partial charge in [-0.25, -0.2) is 0 Å². The van der Waals surface area contributed by atoms with E-state index < -0.39 is 24.5 Å². The van der Waals surface area contributed by atoms with E-state index in [1.807, 2.05) is 117 Å². The first-order chi connectivity index (χ1) is 24.0. The van der Waals surface area contributed by atoms with Crippen molar-refractivity contribution in [2.45, 2.75) is 77.6 Å². The zero-order valence-corrected chi connectivity index (χ0v) is 29.4. The summed E-state index contributed by atoms with van der Waals surface area (Å²) in [4.78, 5) is 25.9. The van der Waals surface area contributed by atoms with E-state index in [2.05, 4.69) is 17.1 Å². The van der Waals surface area contributed by atoms with Gasteiger partial charge < -0.3 is 29.7 Å². The number of carbonyl (C=O) groups excluding carboxylic acids is 2. The van der Waals surface area contributed by atoms with Crippen molar-refractivity contribution in [2.24, 2.45) is 5.92 Å². The number of ether oxygens (including phenoxy) is 3. The Morgan fingerprint density at radius 1 is 0.880 bits per heavy atom. The van der Waals surface area contributed by atoms with Crippen LogP contribution >= 0.6 is 0 Å². The predicted octanol–water partition coefficient (Wildman–Crippen LogP) is 6.26. The molecule has 0 unspecified atom stereocenters. The molecule has 1 saturated heterocycles. The topological polar surface area (TPSA) is 118 Å². The Kier molecular flexibility index (Phi) is 12.6. The highest BCUT2D eigenvalue weighted by Crippen LogP contribution is 2.42. The van der Waals surface area contributed by atoms with Gasteiger partial charge in [0.15, 0.2) is 12.4 Å². The monoisotopic (exact) mass is 680 g/mol. The molecule has 0 aliphatic carbocycles. The van der Waals surface area contributed by atoms with E-state index >= 15 is 0 Å². The molecule has 4 aromatic rings. The van der Waals surface area contributed by atoms with Gasteiger partial charge in [0.1, 0.15) is 0 Å². The summed E-state index contributed by atoms with van der Waals surface area (Å²) in [6, 6.07) is 33.2. The van der Waals surface area contributed by atoms with Crippen molar-refractivity contribution in [1.82, 2.24) is 10.2 Å². The second-order valence-corrected chi connectivity index (χ2v) is 13.1. The number of rotatable bonds is 13. The number of nitrogens with one attached hydrogen (secondary N) is 1. The molecule has 9 nitrogen and oxygen atoms in total. The van der Waals surface area contributed by atoms with Crippen LogP contribution in [0, 0.1) is 5.92 Å². The molecule has 0 bridgehead atoms. The summed E-state index contributed by atoms with van der Waals surface area (Å²) < 4.78 is 18.4. The molecule has 1 heterocycles. The Morgan fingerprint density at radius 3 is 2.18 bits per heavy atom. The van der Waals surface area contributed by atoms with Crippen molar-refractivity contribution in [3.05, 3.63) is 131 Å². The molecule has 0 spiro atoms. The molecule has 7 atom stereocenters. The molecule has 1 amide bonds. The average molecular weight is 681 g/mol. The second-order valence-electron chi connectivity index (χ2n) is 13.1. The van der Waals surface area contributed by atoms with E-state index in [1.165, 1.54) is 6.92 Å². The van der Waals surface area contributed by atoms with Crippen LogP contribution < -0.4 is 5.32 Å². The Hall–Kier alpha value is -4.38. The Balaban J connectivity index is 1.35. The molecule has 264 valence electrons. The zero-order valence-electron chi connectivity index (χ0n) is 29.4. The number of carbonyl (C=O) groups is 2. The molecule has 1 fully saturated rings. The van der Waals surface area contributed by atoms with Crippen LogP contribution in [0.15, 0.2) is 103 Å². The number of esters is 1. The van der Waals surface area contributed by atoms with Gasteiger partial charge >= 0.3 is 5.97 Å². The Bertz CT molecular complexity index is 1700. The van der Waals surface area contributed by atoms with E-state index in [1.54, 1.807) is 6.92 Å². The van der Waals surface area contributed by atoms with Gasteiger partial charge in [0.2, 0.25) is 0 Å². The number of nitrogens with zero attached hydrogens (tertiary/aromatic N) is 1. The average Bonchev–Trinajstić information content (AvgIpc) is 3.14. The number of hydrogen-bond donors (Lipinski definition) is 3. The summed E-state index contributed by atoms with van der Waals surface area (Å²) in [6.45, 7) is 7.79. The van der Waals surface area contributed by atoms with Gasteiger partial charge in [-0.2, -0.15) is 0 Å². The molecule has 0 aromatic heterocycles. The van der Waals surface area contributed by atoms with Gasteiger partial charge in [0, 0.05) is 37.5 Å². The molecule has 50 heavy (non-hydrogen) atoms. The minimum atomic E-state index is -0.880. The maximum Gasteiger partial charge on any atom is 0.303 e. The Labute approximate surface area is 294 Å². The van der Waals surface area contributed by atoms with Crippen LogP contribution in [-0.2, 0) is 37.0 Å². The number of aliphatic hydroxyl groups is 2. The fraction of sp³-hybridized carbons (Fsp3) is 0.366. The fourth-order valence-corrected chi connectivity index (χ4v) is 6.35. The van der Waals surface area contributed by atoms with E-state index in [0.717, 1.165) is 38.9 Å². The predicted molar refractivity (Wildman–Crippen MR) is 191 cm³/mol. The summed E-state index contributed by atoms with van der Waals surface area (Å²) >= 11 is 0. The summed E-state index contributed by atoms with van der Waals surface area (Å²) in [5.74, 6) is -0.884. The number of likely N-dealkylation sites (N-methyl/N-ethyl adjacent to an activating group) is 1. The first-order valence-electron chi connectivity index (χ1n) is 17.1. The third-order valence-electron chi connectivity index (χ3n) is 9.56. The molecular weight excluding hydrogens is 632 g/mol. The van der Waals surface area contributed by atoms with Crippen molar-refractivity contribution in [2.75, 3.05) is 13.6 Å². The van der Waals surface area contributed by atoms with Crippen molar-refractivity contribution < 1.29 is 34.0 Å². The molecule has 4 aromatic carbocycles. The first kappa shape index (κ1) is 36.9. The quantitative estimate of drug-likeness (QED) is 0.142. The summed E-state index contributed by atoms with van der Waals surface area (Å²) in [5.41, 5.74) is 6.42. The van der Waals surface area contributed by atoms with Crippen LogP contribution in [-0.4, -0.2) is 58.8 Å². The Morgan fingerprint density at radius 2 is 1.52 bits per heavy atom. The van der Waals surface area contributed by atoms with Gasteiger partial charge in [0.25, 0.3) is 5.91 Å². The molecular formula is C41H48N2O7. The van der Waals surface area contributed by atoms with Gasteiger partial charge in [-0.1, -0.05) is 110 Å². The normalized spacial score (nSPS) is 20.9. The van der Waals surface area contributed by atoms with Crippen LogP contribution in [0.1, 0.15) is 74.0 Å². The summed E-state index contributed by atoms with van der Waals surface area (Å²) in [7, 11) is 2.01. The lowest BCUT2D eigenvalue weighted by atomic mass is 9.89. The molecule has 0 radical (unpaired) electrons. The third kappa shape index (κ3) is 9.04. The van der Waals surface area contributed by atoms with Crippen LogP contribution in [0.2, 0.25) is 0 Å². The fourth-order valence-electron chi connectivity index (χ4n) is 6.35. The molecule has 1 aliphatic rings. The van der Waals surface area contributed by atoms with Gasteiger partial charge in [0.05, 0.1) is 24.9 Å². The number of aliphatic hydroxyl groups excluding tert-OH is 2. The van der Waals surface area contributed by atoms with Crippen LogP contribution in [0.5, 0.6) is 0 Å². The van der Waals surface area contributed by atoms with Crippen LogP contribution in [0.3, 0.4) is 0 Å². The molecule has 9 heteroatoms. The van der Waals surface area contributed by atoms with E-state index in [9.17, 15) is 19.8 Å². The molecule has 5 rings (SSSR count). The first-order valence-corrected chi connectivity index (χ1v) is 17.1. The highest BCUT2D eigenvalue weighted by atomic mass is 16.7. The third-order valence-corrected chi connectivity index (χ3v) is 9.56. The van der Waals surface area contributed by atoms with Gasteiger partial charge in [-0.3, -0.25) is 14.5 Å². The number of amides is 1. The number of benzene rings is 4. The van der Waals surface area contributed by atoms with E-state index in [-0.39, 0.29) is 43.2 Å². The largest absolute Gasteiger partial charge is 0.453 e. The van der Waals surface area contributed by atoms with E-state index in [0.29, 0.717) is 6.54 Å². The lowest BCUT2D eigenvalue weighted by molar-refractivity contribution is -0.276. The molecule has 3 N–H and O–H groups in total. The SMILES string of the molecule is CC(=O)O[C@@H](C)C(=O)NCc1ccccc1-c1ccc([C@H]2O[C@@H](CN(C)[C@@H](C)[C@H](O)c3ccccc3)[C@@H](C)[C@@H](c3ccc(CO)cc3)O2)cc1.